The molecule has 1 aromatic carbocycles. The molecule has 1 aromatic rings. The van der Waals surface area contributed by atoms with Crippen molar-refractivity contribution in [1.29, 1.82) is 5.26 Å². The largest absolute Gasteiger partial charge is 0.464 e. The van der Waals surface area contributed by atoms with Crippen LogP contribution in [0.2, 0.25) is 0 Å². The molecule has 1 saturated carbocycles. The van der Waals surface area contributed by atoms with Crippen molar-refractivity contribution in [2.45, 2.75) is 51.0 Å². The van der Waals surface area contributed by atoms with E-state index in [2.05, 4.69) is 6.07 Å². The van der Waals surface area contributed by atoms with Gasteiger partial charge in [-0.3, -0.25) is 0 Å². The van der Waals surface area contributed by atoms with Crippen LogP contribution in [0.1, 0.15) is 67.7 Å². The van der Waals surface area contributed by atoms with Crippen molar-refractivity contribution in [2.24, 2.45) is 0 Å². The Morgan fingerprint density at radius 2 is 2.14 bits per heavy atom. The van der Waals surface area contributed by atoms with Gasteiger partial charge in [-0.05, 0) is 42.9 Å². The summed E-state index contributed by atoms with van der Waals surface area (Å²) in [5, 5.41) is 19.3. The maximum atomic E-state index is 11.6. The van der Waals surface area contributed by atoms with Crippen LogP contribution >= 0.6 is 0 Å². The minimum Gasteiger partial charge on any atom is -0.464 e. The number of hydrogen-bond acceptors (Lipinski definition) is 4. The van der Waals surface area contributed by atoms with Gasteiger partial charge in [-0.15, -0.1) is 0 Å². The van der Waals surface area contributed by atoms with Crippen molar-refractivity contribution in [2.75, 3.05) is 6.61 Å². The Morgan fingerprint density at radius 3 is 2.76 bits per heavy atom. The van der Waals surface area contributed by atoms with Crippen LogP contribution in [0.3, 0.4) is 0 Å². The number of hydrogen-bond donors (Lipinski definition) is 1. The molecule has 0 radical (unpaired) electrons. The van der Waals surface area contributed by atoms with Crippen LogP contribution in [0.25, 0.3) is 0 Å². The Morgan fingerprint density at radius 1 is 1.43 bits per heavy atom. The van der Waals surface area contributed by atoms with Crippen molar-refractivity contribution in [1.82, 2.24) is 0 Å². The fourth-order valence-corrected chi connectivity index (χ4v) is 2.97. The number of rotatable bonds is 4. The zero-order valence-electron chi connectivity index (χ0n) is 12.3. The molecule has 0 spiro atoms. The molecule has 0 aromatic heterocycles. The zero-order valence-corrected chi connectivity index (χ0v) is 12.3. The van der Waals surface area contributed by atoms with E-state index in [0.717, 1.165) is 18.4 Å². The molecule has 1 aliphatic rings. The predicted octanol–water partition coefficient (Wildman–Crippen LogP) is 3.20. The molecule has 2 rings (SSSR count). The molecule has 0 heterocycles. The van der Waals surface area contributed by atoms with Gasteiger partial charge in [0.2, 0.25) is 0 Å². The SMILES string of the molecule is CCOC(=O)C(O)c1ccc(C2CCCCC2)c(C#N)c1. The van der Waals surface area contributed by atoms with Gasteiger partial charge in [0.1, 0.15) is 0 Å². The number of benzene rings is 1. The maximum absolute atomic E-state index is 11.6. The lowest BCUT2D eigenvalue weighted by molar-refractivity contribution is -0.153. The number of nitriles is 1. The smallest absolute Gasteiger partial charge is 0.339 e. The van der Waals surface area contributed by atoms with E-state index >= 15 is 0 Å². The molecular formula is C17H21NO3. The van der Waals surface area contributed by atoms with Gasteiger partial charge in [-0.1, -0.05) is 31.4 Å². The lowest BCUT2D eigenvalue weighted by Crippen LogP contribution is -2.16. The average molecular weight is 287 g/mol. The third-order valence-electron chi connectivity index (χ3n) is 4.07. The second-order valence-corrected chi connectivity index (χ2v) is 5.45. The summed E-state index contributed by atoms with van der Waals surface area (Å²) in [6, 6.07) is 7.42. The van der Waals surface area contributed by atoms with Crippen LogP contribution in [0.5, 0.6) is 0 Å². The number of carbonyl (C=O) groups excluding carboxylic acids is 1. The molecule has 21 heavy (non-hydrogen) atoms. The van der Waals surface area contributed by atoms with E-state index in [4.69, 9.17) is 4.74 Å². The Bertz CT molecular complexity index is 541. The molecule has 1 unspecified atom stereocenters. The lowest BCUT2D eigenvalue weighted by Gasteiger charge is -2.23. The Kier molecular flexibility index (Phi) is 5.35. The minimum absolute atomic E-state index is 0.223. The van der Waals surface area contributed by atoms with Crippen molar-refractivity contribution in [3.63, 3.8) is 0 Å². The quantitative estimate of drug-likeness (QED) is 0.863. The first-order valence-electron chi connectivity index (χ1n) is 7.56. The minimum atomic E-state index is -1.32. The van der Waals surface area contributed by atoms with Crippen LogP contribution in [0.4, 0.5) is 0 Å². The predicted molar refractivity (Wildman–Crippen MR) is 78.6 cm³/mol. The first kappa shape index (κ1) is 15.5. The van der Waals surface area contributed by atoms with Gasteiger partial charge >= 0.3 is 5.97 Å². The van der Waals surface area contributed by atoms with Gasteiger partial charge in [0, 0.05) is 0 Å². The van der Waals surface area contributed by atoms with Crippen LogP contribution in [0.15, 0.2) is 18.2 Å². The number of aliphatic hydroxyl groups is 1. The van der Waals surface area contributed by atoms with E-state index in [1.807, 2.05) is 6.07 Å². The van der Waals surface area contributed by atoms with Crippen molar-refractivity contribution in [3.8, 4) is 6.07 Å². The molecule has 112 valence electrons. The molecule has 1 aliphatic carbocycles. The summed E-state index contributed by atoms with van der Waals surface area (Å²) >= 11 is 0. The molecule has 0 aliphatic heterocycles. The third-order valence-corrected chi connectivity index (χ3v) is 4.07. The fraction of sp³-hybridized carbons (Fsp3) is 0.529. The molecular weight excluding hydrogens is 266 g/mol. The summed E-state index contributed by atoms with van der Waals surface area (Å²) in [6.07, 6.45) is 4.55. The van der Waals surface area contributed by atoms with Crippen molar-refractivity contribution in [3.05, 3.63) is 34.9 Å². The van der Waals surface area contributed by atoms with Crippen LogP contribution < -0.4 is 0 Å². The monoisotopic (exact) mass is 287 g/mol. The van der Waals surface area contributed by atoms with Gasteiger partial charge in [0.15, 0.2) is 6.10 Å². The van der Waals surface area contributed by atoms with Crippen LogP contribution in [0, 0.1) is 11.3 Å². The number of esters is 1. The maximum Gasteiger partial charge on any atom is 0.339 e. The first-order valence-corrected chi connectivity index (χ1v) is 7.56. The van der Waals surface area contributed by atoms with Gasteiger partial charge in [0.25, 0.3) is 0 Å². The van der Waals surface area contributed by atoms with Crippen molar-refractivity contribution >= 4 is 5.97 Å². The molecule has 0 amide bonds. The Labute approximate surface area is 125 Å². The van der Waals surface area contributed by atoms with Gasteiger partial charge in [0.05, 0.1) is 18.2 Å². The molecule has 4 nitrogen and oxygen atoms in total. The zero-order chi connectivity index (χ0) is 15.2. The van der Waals surface area contributed by atoms with E-state index in [1.54, 1.807) is 19.1 Å². The highest BCUT2D eigenvalue weighted by Gasteiger charge is 2.22. The molecule has 0 saturated heterocycles. The number of aliphatic hydroxyl groups excluding tert-OH is 1. The summed E-state index contributed by atoms with van der Waals surface area (Å²) in [5.74, 6) is -0.256. The van der Waals surface area contributed by atoms with Crippen molar-refractivity contribution < 1.29 is 14.6 Å². The molecule has 1 atom stereocenters. The Balaban J connectivity index is 2.23. The summed E-state index contributed by atoms with van der Waals surface area (Å²) in [7, 11) is 0. The molecule has 1 fully saturated rings. The lowest BCUT2D eigenvalue weighted by atomic mass is 9.81. The summed E-state index contributed by atoms with van der Waals surface area (Å²) in [4.78, 5) is 11.6. The van der Waals surface area contributed by atoms with Gasteiger partial charge < -0.3 is 9.84 Å². The highest BCUT2D eigenvalue weighted by molar-refractivity contribution is 5.76. The number of ether oxygens (including phenoxy) is 1. The van der Waals surface area contributed by atoms with E-state index in [1.165, 1.54) is 19.3 Å². The first-order chi connectivity index (χ1) is 10.2. The molecule has 1 N–H and O–H groups in total. The highest BCUT2D eigenvalue weighted by Crippen LogP contribution is 2.35. The van der Waals surface area contributed by atoms with Gasteiger partial charge in [-0.2, -0.15) is 5.26 Å². The van der Waals surface area contributed by atoms with Crippen LogP contribution in [-0.4, -0.2) is 17.7 Å². The number of carbonyl (C=O) groups is 1. The highest BCUT2D eigenvalue weighted by atomic mass is 16.5. The summed E-state index contributed by atoms with van der Waals surface area (Å²) < 4.78 is 4.81. The average Bonchev–Trinajstić information content (AvgIpc) is 2.54. The molecule has 4 heteroatoms. The van der Waals surface area contributed by atoms with E-state index in [0.29, 0.717) is 17.0 Å². The summed E-state index contributed by atoms with van der Waals surface area (Å²) in [5.41, 5.74) is 2.02. The summed E-state index contributed by atoms with van der Waals surface area (Å²) in [6.45, 7) is 1.92. The number of nitrogens with zero attached hydrogens (tertiary/aromatic N) is 1. The Hall–Kier alpha value is -1.86. The third kappa shape index (κ3) is 3.62. The molecule has 0 bridgehead atoms. The van der Waals surface area contributed by atoms with Gasteiger partial charge in [-0.25, -0.2) is 4.79 Å². The van der Waals surface area contributed by atoms with E-state index < -0.39 is 12.1 Å². The van der Waals surface area contributed by atoms with Crippen LogP contribution in [-0.2, 0) is 9.53 Å². The normalized spacial score (nSPS) is 17.0. The van der Waals surface area contributed by atoms with E-state index in [9.17, 15) is 15.2 Å². The topological polar surface area (TPSA) is 70.3 Å². The fourth-order valence-electron chi connectivity index (χ4n) is 2.97. The van der Waals surface area contributed by atoms with E-state index in [-0.39, 0.29) is 6.61 Å². The second kappa shape index (κ2) is 7.24. The standard InChI is InChI=1S/C17H21NO3/c1-2-21-17(20)16(19)13-8-9-15(14(10-13)11-18)12-6-4-3-5-7-12/h8-10,12,16,19H,2-7H2,1H3. The second-order valence-electron chi connectivity index (χ2n) is 5.45.